The summed E-state index contributed by atoms with van der Waals surface area (Å²) in [7, 11) is 0. The van der Waals surface area contributed by atoms with E-state index in [4.69, 9.17) is 0 Å². The molecular formula is C22H29N5O. The molecule has 2 unspecified atom stereocenters. The van der Waals surface area contributed by atoms with Crippen LogP contribution >= 0.6 is 0 Å². The minimum atomic E-state index is -0.0368. The Morgan fingerprint density at radius 3 is 2.61 bits per heavy atom. The van der Waals surface area contributed by atoms with Gasteiger partial charge >= 0.3 is 0 Å². The molecule has 4 aliphatic carbocycles. The van der Waals surface area contributed by atoms with Crippen molar-refractivity contribution < 1.29 is 4.79 Å². The standard InChI is InChI=1S/C22H29N5O/c1-14-4-5-15(2)19(6-14)23-20(28)12-21-8-17-7-18(9-21)11-22(10-17,13-21)27-25-16(3)24-26-27/h4-6,17-18H,7-13H2,1-3H3,(H,23,28)/t17-,18+,21?,22?. The number of hydrogen-bond acceptors (Lipinski definition) is 4. The molecule has 4 saturated carbocycles. The molecule has 28 heavy (non-hydrogen) atoms. The van der Waals surface area contributed by atoms with Crippen molar-refractivity contribution in [3.05, 3.63) is 35.2 Å². The third kappa shape index (κ3) is 2.93. The van der Waals surface area contributed by atoms with Crippen molar-refractivity contribution >= 4 is 11.6 Å². The number of nitrogens with one attached hydrogen (secondary N) is 1. The number of carbonyl (C=O) groups excluding carboxylic acids is 1. The van der Waals surface area contributed by atoms with Gasteiger partial charge in [-0.3, -0.25) is 4.79 Å². The first-order chi connectivity index (χ1) is 13.3. The Hall–Kier alpha value is -2.24. The lowest BCUT2D eigenvalue weighted by Gasteiger charge is -2.61. The zero-order valence-electron chi connectivity index (χ0n) is 17.0. The van der Waals surface area contributed by atoms with E-state index in [0.717, 1.165) is 36.3 Å². The Bertz CT molecular complexity index is 919. The molecule has 0 aliphatic heterocycles. The van der Waals surface area contributed by atoms with Crippen LogP contribution in [0.1, 0.15) is 61.9 Å². The Morgan fingerprint density at radius 2 is 1.93 bits per heavy atom. The quantitative estimate of drug-likeness (QED) is 0.874. The Kier molecular flexibility index (Phi) is 3.90. The third-order valence-corrected chi connectivity index (χ3v) is 7.29. The summed E-state index contributed by atoms with van der Waals surface area (Å²) in [5.41, 5.74) is 3.27. The van der Waals surface area contributed by atoms with Crippen LogP contribution in [-0.2, 0) is 10.3 Å². The summed E-state index contributed by atoms with van der Waals surface area (Å²) in [4.78, 5) is 14.9. The van der Waals surface area contributed by atoms with Crippen molar-refractivity contribution in [3.63, 3.8) is 0 Å². The van der Waals surface area contributed by atoms with Crippen LogP contribution in [0.15, 0.2) is 18.2 Å². The second kappa shape index (κ2) is 6.13. The first-order valence-corrected chi connectivity index (χ1v) is 10.5. The molecule has 1 heterocycles. The summed E-state index contributed by atoms with van der Waals surface area (Å²) in [5.74, 6) is 2.24. The van der Waals surface area contributed by atoms with Crippen LogP contribution in [0.3, 0.4) is 0 Å². The molecule has 1 amide bonds. The lowest BCUT2D eigenvalue weighted by atomic mass is 9.46. The van der Waals surface area contributed by atoms with Crippen molar-refractivity contribution in [1.29, 1.82) is 0 Å². The predicted octanol–water partition coefficient (Wildman–Crippen LogP) is 3.92. The minimum absolute atomic E-state index is 0.0368. The fourth-order valence-electron chi connectivity index (χ4n) is 6.73. The monoisotopic (exact) mass is 379 g/mol. The van der Waals surface area contributed by atoms with Gasteiger partial charge in [-0.1, -0.05) is 12.1 Å². The highest BCUT2D eigenvalue weighted by Crippen LogP contribution is 2.65. The van der Waals surface area contributed by atoms with E-state index >= 15 is 0 Å². The maximum Gasteiger partial charge on any atom is 0.224 e. The van der Waals surface area contributed by atoms with Gasteiger partial charge in [0.05, 0.1) is 5.54 Å². The smallest absolute Gasteiger partial charge is 0.224 e. The average Bonchev–Trinajstić information content (AvgIpc) is 3.04. The Balaban J connectivity index is 1.39. The van der Waals surface area contributed by atoms with Gasteiger partial charge in [-0.05, 0) is 99.0 Å². The summed E-state index contributed by atoms with van der Waals surface area (Å²) < 4.78 is 0. The van der Waals surface area contributed by atoms with E-state index < -0.39 is 0 Å². The molecule has 6 nitrogen and oxygen atoms in total. The molecule has 6 rings (SSSR count). The number of tetrazole rings is 1. The lowest BCUT2D eigenvalue weighted by molar-refractivity contribution is -0.135. The number of amides is 1. The van der Waals surface area contributed by atoms with Crippen LogP contribution in [0.25, 0.3) is 0 Å². The molecule has 4 atom stereocenters. The minimum Gasteiger partial charge on any atom is -0.326 e. The SMILES string of the molecule is Cc1ccc(C)c(NC(=O)CC23C[C@H]4C[C@@H](C2)CC(n2nnc(C)n2)(C4)C3)c1. The largest absolute Gasteiger partial charge is 0.326 e. The highest BCUT2D eigenvalue weighted by Gasteiger charge is 2.59. The van der Waals surface area contributed by atoms with Crippen LogP contribution in [0.4, 0.5) is 5.69 Å². The van der Waals surface area contributed by atoms with E-state index in [2.05, 4.69) is 45.9 Å². The number of rotatable bonds is 4. The maximum atomic E-state index is 13.0. The molecule has 0 radical (unpaired) electrons. The molecule has 4 bridgehead atoms. The molecule has 6 heteroatoms. The third-order valence-electron chi connectivity index (χ3n) is 7.29. The second-order valence-electron chi connectivity index (χ2n) is 9.85. The Morgan fingerprint density at radius 1 is 1.18 bits per heavy atom. The van der Waals surface area contributed by atoms with E-state index in [1.165, 1.54) is 24.8 Å². The van der Waals surface area contributed by atoms with Crippen molar-refractivity contribution in [2.45, 2.75) is 71.3 Å². The normalized spacial score (nSPS) is 33.2. The average molecular weight is 380 g/mol. The van der Waals surface area contributed by atoms with E-state index in [-0.39, 0.29) is 16.9 Å². The van der Waals surface area contributed by atoms with Crippen LogP contribution in [-0.4, -0.2) is 26.1 Å². The number of benzene rings is 1. The van der Waals surface area contributed by atoms with Crippen LogP contribution < -0.4 is 5.32 Å². The first-order valence-electron chi connectivity index (χ1n) is 10.5. The number of aryl methyl sites for hydroxylation is 3. The van der Waals surface area contributed by atoms with E-state index in [0.29, 0.717) is 18.3 Å². The highest BCUT2D eigenvalue weighted by molar-refractivity contribution is 5.92. The van der Waals surface area contributed by atoms with Gasteiger partial charge in [0.25, 0.3) is 0 Å². The number of anilines is 1. The van der Waals surface area contributed by atoms with Crippen molar-refractivity contribution in [2.75, 3.05) is 5.32 Å². The second-order valence-corrected chi connectivity index (χ2v) is 9.85. The Labute approximate surface area is 166 Å². The molecular weight excluding hydrogens is 350 g/mol. The van der Waals surface area contributed by atoms with Gasteiger partial charge in [-0.2, -0.15) is 4.80 Å². The predicted molar refractivity (Wildman–Crippen MR) is 107 cm³/mol. The van der Waals surface area contributed by atoms with Crippen LogP contribution in [0.5, 0.6) is 0 Å². The number of aromatic nitrogens is 4. The molecule has 0 spiro atoms. The molecule has 1 aromatic carbocycles. The fraction of sp³-hybridized carbons (Fsp3) is 0.636. The molecule has 1 aromatic heterocycles. The van der Waals surface area contributed by atoms with Gasteiger partial charge in [0.1, 0.15) is 0 Å². The summed E-state index contributed by atoms with van der Waals surface area (Å²) in [5, 5.41) is 16.3. The van der Waals surface area contributed by atoms with Gasteiger partial charge in [-0.15, -0.1) is 10.2 Å². The topological polar surface area (TPSA) is 72.7 Å². The molecule has 2 aromatic rings. The number of carbonyl (C=O) groups is 1. The van der Waals surface area contributed by atoms with Gasteiger partial charge < -0.3 is 5.32 Å². The molecule has 148 valence electrons. The van der Waals surface area contributed by atoms with E-state index in [9.17, 15) is 4.79 Å². The number of nitrogens with zero attached hydrogens (tertiary/aromatic N) is 4. The van der Waals surface area contributed by atoms with E-state index in [1.807, 2.05) is 18.6 Å². The summed E-state index contributed by atoms with van der Waals surface area (Å²) >= 11 is 0. The van der Waals surface area contributed by atoms with Gasteiger partial charge in [0.2, 0.25) is 5.91 Å². The van der Waals surface area contributed by atoms with Crippen LogP contribution in [0, 0.1) is 38.0 Å². The highest BCUT2D eigenvalue weighted by atomic mass is 16.1. The molecule has 4 fully saturated rings. The van der Waals surface area contributed by atoms with Gasteiger partial charge in [0, 0.05) is 12.1 Å². The zero-order valence-corrected chi connectivity index (χ0v) is 17.0. The van der Waals surface area contributed by atoms with Crippen LogP contribution in [0.2, 0.25) is 0 Å². The molecule has 0 saturated heterocycles. The maximum absolute atomic E-state index is 13.0. The zero-order chi connectivity index (χ0) is 19.5. The van der Waals surface area contributed by atoms with Crippen molar-refractivity contribution in [1.82, 2.24) is 20.2 Å². The lowest BCUT2D eigenvalue weighted by Crippen LogP contribution is -2.57. The first kappa shape index (κ1) is 17.8. The van der Waals surface area contributed by atoms with Gasteiger partial charge in [-0.25, -0.2) is 0 Å². The summed E-state index contributed by atoms with van der Waals surface area (Å²) in [6.45, 7) is 6.01. The fourth-order valence-corrected chi connectivity index (χ4v) is 6.73. The van der Waals surface area contributed by atoms with E-state index in [1.54, 1.807) is 0 Å². The van der Waals surface area contributed by atoms with Crippen molar-refractivity contribution in [3.8, 4) is 0 Å². The molecule has 1 N–H and O–H groups in total. The summed E-state index contributed by atoms with van der Waals surface area (Å²) in [6, 6.07) is 6.22. The number of hydrogen-bond donors (Lipinski definition) is 1. The summed E-state index contributed by atoms with van der Waals surface area (Å²) in [6.07, 6.45) is 7.51. The van der Waals surface area contributed by atoms with Gasteiger partial charge in [0.15, 0.2) is 5.82 Å². The molecule has 4 aliphatic rings. The van der Waals surface area contributed by atoms with Crippen molar-refractivity contribution in [2.24, 2.45) is 17.3 Å².